The van der Waals surface area contributed by atoms with Crippen molar-refractivity contribution in [2.45, 2.75) is 57.8 Å². The highest BCUT2D eigenvalue weighted by Gasteiger charge is 2.36. The molecule has 1 saturated heterocycles. The number of rotatable bonds is 3. The van der Waals surface area contributed by atoms with Crippen LogP contribution in [-0.2, 0) is 0 Å². The van der Waals surface area contributed by atoms with Gasteiger partial charge in [-0.05, 0) is 31.6 Å². The van der Waals surface area contributed by atoms with E-state index < -0.39 is 8.24 Å². The van der Waals surface area contributed by atoms with E-state index in [1.54, 1.807) is 0 Å². The summed E-state index contributed by atoms with van der Waals surface area (Å²) in [6, 6.07) is 3.88. The molecular weight excluding hydrogens is 162 g/mol. The minimum absolute atomic E-state index is 0.805. The minimum atomic E-state index is -0.940. The summed E-state index contributed by atoms with van der Waals surface area (Å²) in [4.78, 5) is 0. The Hall–Kier alpha value is 0.177. The van der Waals surface area contributed by atoms with Crippen molar-refractivity contribution in [3.63, 3.8) is 0 Å². The third kappa shape index (κ3) is 1.91. The maximum absolute atomic E-state index is 2.72. The molecule has 1 fully saturated rings. The lowest BCUT2D eigenvalue weighted by molar-refractivity contribution is 0.381. The van der Waals surface area contributed by atoms with Gasteiger partial charge in [0.2, 0.25) is 0 Å². The third-order valence-corrected chi connectivity index (χ3v) is 8.79. The van der Waals surface area contributed by atoms with Crippen molar-refractivity contribution in [3.8, 4) is 0 Å². The molecule has 2 heteroatoms. The van der Waals surface area contributed by atoms with Crippen molar-refractivity contribution < 1.29 is 0 Å². The van der Waals surface area contributed by atoms with Crippen molar-refractivity contribution in [3.05, 3.63) is 0 Å². The summed E-state index contributed by atoms with van der Waals surface area (Å²) < 4.78 is 2.72. The highest BCUT2D eigenvalue weighted by atomic mass is 28.3. The average Bonchev–Trinajstić information content (AvgIpc) is 2.50. The van der Waals surface area contributed by atoms with Crippen LogP contribution >= 0.6 is 0 Å². The van der Waals surface area contributed by atoms with Gasteiger partial charge in [0, 0.05) is 0 Å². The Balaban J connectivity index is 2.54. The highest BCUT2D eigenvalue weighted by molar-refractivity contribution is 6.76. The van der Waals surface area contributed by atoms with E-state index in [1.807, 2.05) is 0 Å². The number of hydrogen-bond acceptors (Lipinski definition) is 1. The van der Waals surface area contributed by atoms with E-state index in [0.29, 0.717) is 0 Å². The van der Waals surface area contributed by atoms with Gasteiger partial charge in [-0.3, -0.25) is 0 Å². The number of hydrogen-bond donors (Lipinski definition) is 0. The number of nitrogens with zero attached hydrogens (tertiary/aromatic N) is 1. The molecule has 12 heavy (non-hydrogen) atoms. The van der Waals surface area contributed by atoms with Crippen LogP contribution in [0.5, 0.6) is 0 Å². The Bertz CT molecular complexity index is 141. The lowest BCUT2D eigenvalue weighted by Gasteiger charge is -2.37. The largest absolute Gasteiger partial charge is 0.324 e. The SMILES string of the molecule is CCC(C)N(C)[Si]1(C)CCCC1. The summed E-state index contributed by atoms with van der Waals surface area (Å²) in [5, 5.41) is 0. The van der Waals surface area contributed by atoms with Crippen LogP contribution in [0.3, 0.4) is 0 Å². The molecule has 0 spiro atoms. The van der Waals surface area contributed by atoms with Gasteiger partial charge in [0.05, 0.1) is 0 Å². The molecule has 0 bridgehead atoms. The van der Waals surface area contributed by atoms with Crippen molar-refractivity contribution in [2.75, 3.05) is 7.05 Å². The molecule has 0 aromatic carbocycles. The second-order valence-electron chi connectivity index (χ2n) is 4.57. The van der Waals surface area contributed by atoms with E-state index in [2.05, 4.69) is 32.0 Å². The molecule has 1 aliphatic heterocycles. The molecule has 0 aliphatic carbocycles. The van der Waals surface area contributed by atoms with Crippen LogP contribution in [0.2, 0.25) is 18.6 Å². The average molecular weight is 185 g/mol. The van der Waals surface area contributed by atoms with Gasteiger partial charge >= 0.3 is 0 Å². The van der Waals surface area contributed by atoms with Crippen LogP contribution in [-0.4, -0.2) is 25.9 Å². The van der Waals surface area contributed by atoms with E-state index >= 15 is 0 Å². The Labute approximate surface area is 78.2 Å². The van der Waals surface area contributed by atoms with Crippen molar-refractivity contribution >= 4 is 8.24 Å². The molecule has 1 rings (SSSR count). The van der Waals surface area contributed by atoms with Crippen LogP contribution in [0.25, 0.3) is 0 Å². The summed E-state index contributed by atoms with van der Waals surface area (Å²) in [6.45, 7) is 7.23. The fraction of sp³-hybridized carbons (Fsp3) is 1.00. The molecule has 0 amide bonds. The predicted molar refractivity (Wildman–Crippen MR) is 58.0 cm³/mol. The van der Waals surface area contributed by atoms with Crippen molar-refractivity contribution in [1.29, 1.82) is 0 Å². The fourth-order valence-electron chi connectivity index (χ4n) is 2.30. The normalized spacial score (nSPS) is 24.8. The topological polar surface area (TPSA) is 3.24 Å². The van der Waals surface area contributed by atoms with E-state index in [-0.39, 0.29) is 0 Å². The second-order valence-corrected chi connectivity index (χ2v) is 9.27. The predicted octanol–water partition coefficient (Wildman–Crippen LogP) is 3.09. The summed E-state index contributed by atoms with van der Waals surface area (Å²) in [5.41, 5.74) is 0. The molecule has 1 atom stereocenters. The van der Waals surface area contributed by atoms with Gasteiger partial charge in [0.15, 0.2) is 0 Å². The standard InChI is InChI=1S/C10H23NSi/c1-5-10(2)11(3)12(4)8-6-7-9-12/h10H,5-9H2,1-4H3. The first kappa shape index (κ1) is 10.3. The Morgan fingerprint density at radius 1 is 1.33 bits per heavy atom. The molecule has 72 valence electrons. The summed E-state index contributed by atoms with van der Waals surface area (Å²) >= 11 is 0. The first-order chi connectivity index (χ1) is 5.60. The first-order valence-electron chi connectivity index (χ1n) is 5.33. The smallest absolute Gasteiger partial charge is 0.125 e. The van der Waals surface area contributed by atoms with Crippen molar-refractivity contribution in [1.82, 2.24) is 4.57 Å². The van der Waals surface area contributed by atoms with E-state index in [0.717, 1.165) is 6.04 Å². The molecular formula is C10H23NSi. The van der Waals surface area contributed by atoms with Crippen molar-refractivity contribution in [2.24, 2.45) is 0 Å². The lowest BCUT2D eigenvalue weighted by atomic mass is 10.3. The van der Waals surface area contributed by atoms with Crippen LogP contribution in [0.1, 0.15) is 33.1 Å². The van der Waals surface area contributed by atoms with Crippen LogP contribution < -0.4 is 0 Å². The molecule has 0 radical (unpaired) electrons. The van der Waals surface area contributed by atoms with Gasteiger partial charge in [-0.1, -0.05) is 33.2 Å². The monoisotopic (exact) mass is 185 g/mol. The summed E-state index contributed by atoms with van der Waals surface area (Å²) in [5.74, 6) is 0. The molecule has 1 unspecified atom stereocenters. The molecule has 0 aromatic rings. The fourth-order valence-corrected chi connectivity index (χ4v) is 6.52. The van der Waals surface area contributed by atoms with Gasteiger partial charge < -0.3 is 4.57 Å². The maximum atomic E-state index is 2.72. The van der Waals surface area contributed by atoms with Gasteiger partial charge in [-0.15, -0.1) is 0 Å². The van der Waals surface area contributed by atoms with Crippen LogP contribution in [0.4, 0.5) is 0 Å². The molecule has 1 aliphatic rings. The minimum Gasteiger partial charge on any atom is -0.324 e. The van der Waals surface area contributed by atoms with Gasteiger partial charge in [-0.2, -0.15) is 0 Å². The third-order valence-electron chi connectivity index (χ3n) is 3.78. The van der Waals surface area contributed by atoms with Crippen LogP contribution in [0, 0.1) is 0 Å². The Morgan fingerprint density at radius 2 is 1.83 bits per heavy atom. The van der Waals surface area contributed by atoms with E-state index in [9.17, 15) is 0 Å². The summed E-state index contributed by atoms with van der Waals surface area (Å²) in [6.07, 6.45) is 4.28. The molecule has 0 saturated carbocycles. The van der Waals surface area contributed by atoms with Crippen LogP contribution in [0.15, 0.2) is 0 Å². The molecule has 1 heterocycles. The zero-order chi connectivity index (χ0) is 9.19. The zero-order valence-corrected chi connectivity index (χ0v) is 10.1. The zero-order valence-electron chi connectivity index (χ0n) is 9.06. The van der Waals surface area contributed by atoms with E-state index in [4.69, 9.17) is 0 Å². The summed E-state index contributed by atoms with van der Waals surface area (Å²) in [7, 11) is 1.41. The Morgan fingerprint density at radius 3 is 2.25 bits per heavy atom. The molecule has 0 N–H and O–H groups in total. The van der Waals surface area contributed by atoms with Gasteiger partial charge in [0.25, 0.3) is 0 Å². The maximum Gasteiger partial charge on any atom is 0.125 e. The quantitative estimate of drug-likeness (QED) is 0.611. The first-order valence-corrected chi connectivity index (χ1v) is 8.19. The van der Waals surface area contributed by atoms with Gasteiger partial charge in [0.1, 0.15) is 8.24 Å². The molecule has 1 nitrogen and oxygen atoms in total. The van der Waals surface area contributed by atoms with E-state index in [1.165, 1.54) is 31.4 Å². The van der Waals surface area contributed by atoms with Gasteiger partial charge in [-0.25, -0.2) is 0 Å². The highest BCUT2D eigenvalue weighted by Crippen LogP contribution is 2.33. The Kier molecular flexibility index (Phi) is 3.35. The lowest BCUT2D eigenvalue weighted by Crippen LogP contribution is -2.50. The second kappa shape index (κ2) is 3.92. The molecule has 0 aromatic heterocycles.